The topological polar surface area (TPSA) is 95.0 Å². The van der Waals surface area contributed by atoms with Crippen molar-refractivity contribution in [3.05, 3.63) is 94.8 Å². The van der Waals surface area contributed by atoms with Crippen LogP contribution in [0, 0.1) is 0 Å². The van der Waals surface area contributed by atoms with Crippen LogP contribution in [0.25, 0.3) is 16.7 Å². The molecule has 3 aromatic heterocycles. The molecule has 0 saturated carbocycles. The fraction of sp³-hybridized carbons (Fsp3) is 0.0455. The number of benzene rings is 2. The maximum absolute atomic E-state index is 12.9. The number of carbonyl (C=O) groups excluding carboxylic acids is 1. The van der Waals surface area contributed by atoms with Crippen molar-refractivity contribution in [1.82, 2.24) is 19.4 Å². The van der Waals surface area contributed by atoms with Crippen LogP contribution < -0.4 is 11.0 Å². The van der Waals surface area contributed by atoms with Gasteiger partial charge >= 0.3 is 5.69 Å². The molecule has 5 aromatic rings. The Morgan fingerprint density at radius 2 is 1.87 bits per heavy atom. The summed E-state index contributed by atoms with van der Waals surface area (Å²) >= 11 is 1.57. The number of aromatic nitrogens is 4. The summed E-state index contributed by atoms with van der Waals surface area (Å²) in [5.74, 6) is 0.452. The highest BCUT2D eigenvalue weighted by molar-refractivity contribution is 7.98. The number of nitrogens with zero attached hydrogens (tertiary/aromatic N) is 2. The quantitative estimate of drug-likeness (QED) is 0.378. The molecule has 2 aromatic carbocycles. The molecule has 3 heterocycles. The van der Waals surface area contributed by atoms with Gasteiger partial charge in [0.2, 0.25) is 0 Å². The lowest BCUT2D eigenvalue weighted by Crippen LogP contribution is -2.13. The summed E-state index contributed by atoms with van der Waals surface area (Å²) in [6.07, 6.45) is 3.96. The molecule has 0 spiro atoms. The number of carbonyl (C=O) groups is 1. The Hall–Kier alpha value is -3.78. The molecule has 0 fully saturated rings. The Morgan fingerprint density at radius 1 is 1.03 bits per heavy atom. The van der Waals surface area contributed by atoms with Gasteiger partial charge in [0.25, 0.3) is 5.91 Å². The van der Waals surface area contributed by atoms with Gasteiger partial charge in [0, 0.05) is 28.7 Å². The number of anilines is 1. The number of amides is 1. The molecule has 0 saturated heterocycles. The Bertz CT molecular complexity index is 1400. The number of imidazole rings is 2. The molecular weight excluding hydrogens is 398 g/mol. The molecule has 0 aliphatic heterocycles. The third-order valence-corrected chi connectivity index (χ3v) is 5.80. The van der Waals surface area contributed by atoms with Gasteiger partial charge < -0.3 is 19.7 Å². The zero-order valence-corrected chi connectivity index (χ0v) is 16.6. The van der Waals surface area contributed by atoms with Crippen LogP contribution in [0.4, 0.5) is 5.69 Å². The van der Waals surface area contributed by atoms with Gasteiger partial charge in [-0.15, -0.1) is 11.8 Å². The number of fused-ring (bicyclic) bond motifs is 2. The van der Waals surface area contributed by atoms with E-state index in [0.717, 1.165) is 16.2 Å². The summed E-state index contributed by atoms with van der Waals surface area (Å²) in [5, 5.41) is 2.91. The van der Waals surface area contributed by atoms with Gasteiger partial charge in [-0.25, -0.2) is 9.78 Å². The van der Waals surface area contributed by atoms with Crippen LogP contribution in [0.1, 0.15) is 16.1 Å². The predicted molar refractivity (Wildman–Crippen MR) is 118 cm³/mol. The number of rotatable bonds is 5. The van der Waals surface area contributed by atoms with E-state index in [1.807, 2.05) is 53.2 Å². The number of aromatic amines is 2. The molecule has 5 rings (SSSR count). The molecule has 7 nitrogen and oxygen atoms in total. The zero-order valence-electron chi connectivity index (χ0n) is 15.8. The first-order valence-corrected chi connectivity index (χ1v) is 10.3. The number of pyridine rings is 1. The summed E-state index contributed by atoms with van der Waals surface area (Å²) in [7, 11) is 0. The van der Waals surface area contributed by atoms with E-state index in [1.54, 1.807) is 36.0 Å². The Kier molecular flexibility index (Phi) is 4.61. The fourth-order valence-electron chi connectivity index (χ4n) is 3.30. The number of thioether (sulfide) groups is 1. The molecule has 30 heavy (non-hydrogen) atoms. The molecule has 0 aliphatic rings. The van der Waals surface area contributed by atoms with Gasteiger partial charge in [0.15, 0.2) is 0 Å². The molecule has 8 heteroatoms. The van der Waals surface area contributed by atoms with Crippen LogP contribution in [-0.4, -0.2) is 25.3 Å². The van der Waals surface area contributed by atoms with Crippen LogP contribution in [0.2, 0.25) is 0 Å². The highest BCUT2D eigenvalue weighted by atomic mass is 32.2. The lowest BCUT2D eigenvalue weighted by Gasteiger charge is -2.09. The normalized spacial score (nSPS) is 11.2. The van der Waals surface area contributed by atoms with Crippen molar-refractivity contribution < 1.29 is 4.79 Å². The summed E-state index contributed by atoms with van der Waals surface area (Å²) in [4.78, 5) is 35.2. The SMILES string of the molecule is O=C(Nc1ccc2[nH]c(=O)[nH]c2c1)c1ccccc1SCc1cn2ccccc2n1. The van der Waals surface area contributed by atoms with E-state index >= 15 is 0 Å². The molecule has 0 bridgehead atoms. The molecule has 3 N–H and O–H groups in total. The second-order valence-electron chi connectivity index (χ2n) is 6.78. The van der Waals surface area contributed by atoms with E-state index in [-0.39, 0.29) is 11.6 Å². The first kappa shape index (κ1) is 18.3. The maximum atomic E-state index is 12.9. The third-order valence-electron chi connectivity index (χ3n) is 4.69. The van der Waals surface area contributed by atoms with Gasteiger partial charge in [0.05, 0.1) is 22.3 Å². The third kappa shape index (κ3) is 3.60. The summed E-state index contributed by atoms with van der Waals surface area (Å²) in [5.41, 5.74) is 4.12. The van der Waals surface area contributed by atoms with Gasteiger partial charge in [-0.05, 0) is 42.5 Å². The molecule has 0 aliphatic carbocycles. The molecule has 0 unspecified atom stereocenters. The highest BCUT2D eigenvalue weighted by Gasteiger charge is 2.13. The summed E-state index contributed by atoms with van der Waals surface area (Å²) in [6.45, 7) is 0. The number of hydrogen-bond donors (Lipinski definition) is 3. The molecule has 0 radical (unpaired) electrons. The minimum atomic E-state index is -0.276. The first-order valence-electron chi connectivity index (χ1n) is 9.33. The van der Waals surface area contributed by atoms with E-state index in [1.165, 1.54) is 0 Å². The molecule has 148 valence electrons. The van der Waals surface area contributed by atoms with Crippen molar-refractivity contribution in [3.8, 4) is 0 Å². The van der Waals surface area contributed by atoms with Gasteiger partial charge in [-0.3, -0.25) is 4.79 Å². The van der Waals surface area contributed by atoms with Crippen molar-refractivity contribution >= 4 is 40.0 Å². The highest BCUT2D eigenvalue weighted by Crippen LogP contribution is 2.27. The second kappa shape index (κ2) is 7.57. The van der Waals surface area contributed by atoms with Crippen LogP contribution >= 0.6 is 11.8 Å². The molecule has 1 amide bonds. The van der Waals surface area contributed by atoms with E-state index in [9.17, 15) is 9.59 Å². The van der Waals surface area contributed by atoms with Crippen LogP contribution in [0.3, 0.4) is 0 Å². The van der Waals surface area contributed by atoms with E-state index in [2.05, 4.69) is 20.3 Å². The lowest BCUT2D eigenvalue weighted by molar-refractivity contribution is 0.102. The number of H-pyrrole nitrogens is 2. The summed E-state index contributed by atoms with van der Waals surface area (Å²) < 4.78 is 1.98. The van der Waals surface area contributed by atoms with Crippen LogP contribution in [0.15, 0.2) is 82.7 Å². The van der Waals surface area contributed by atoms with Crippen molar-refractivity contribution in [3.63, 3.8) is 0 Å². The van der Waals surface area contributed by atoms with E-state index < -0.39 is 0 Å². The molecule has 0 atom stereocenters. The Morgan fingerprint density at radius 3 is 2.77 bits per heavy atom. The monoisotopic (exact) mass is 415 g/mol. The average molecular weight is 415 g/mol. The van der Waals surface area contributed by atoms with Crippen molar-refractivity contribution in [2.45, 2.75) is 10.6 Å². The minimum absolute atomic E-state index is 0.203. The number of hydrogen-bond acceptors (Lipinski definition) is 4. The largest absolute Gasteiger partial charge is 0.323 e. The summed E-state index contributed by atoms with van der Waals surface area (Å²) in [6, 6.07) is 18.6. The van der Waals surface area contributed by atoms with E-state index in [4.69, 9.17) is 0 Å². The smallest absolute Gasteiger partial charge is 0.322 e. The Labute approximate surface area is 175 Å². The lowest BCUT2D eigenvalue weighted by atomic mass is 10.2. The maximum Gasteiger partial charge on any atom is 0.323 e. The molecular formula is C22H17N5O2S. The number of nitrogens with one attached hydrogen (secondary N) is 3. The second-order valence-corrected chi connectivity index (χ2v) is 7.79. The zero-order chi connectivity index (χ0) is 20.5. The van der Waals surface area contributed by atoms with Crippen LogP contribution in [-0.2, 0) is 5.75 Å². The predicted octanol–water partition coefficient (Wildman–Crippen LogP) is 4.05. The standard InChI is InChI=1S/C22H17N5O2S/c28-21(24-14-8-9-17-18(11-14)26-22(29)25-17)16-5-1-2-6-19(16)30-13-15-12-27-10-4-3-7-20(27)23-15/h1-12H,13H2,(H,24,28)(H2,25,26,29). The minimum Gasteiger partial charge on any atom is -0.322 e. The van der Waals surface area contributed by atoms with Crippen molar-refractivity contribution in [2.24, 2.45) is 0 Å². The van der Waals surface area contributed by atoms with Crippen molar-refractivity contribution in [1.29, 1.82) is 0 Å². The van der Waals surface area contributed by atoms with Gasteiger partial charge in [-0.2, -0.15) is 0 Å². The fourth-order valence-corrected chi connectivity index (χ4v) is 4.23. The van der Waals surface area contributed by atoms with Crippen molar-refractivity contribution in [2.75, 3.05) is 5.32 Å². The first-order chi connectivity index (χ1) is 14.7. The Balaban J connectivity index is 1.35. The van der Waals surface area contributed by atoms with Crippen LogP contribution in [0.5, 0.6) is 0 Å². The average Bonchev–Trinajstić information content (AvgIpc) is 3.34. The van der Waals surface area contributed by atoms with E-state index in [0.29, 0.717) is 28.0 Å². The van der Waals surface area contributed by atoms with Gasteiger partial charge in [-0.1, -0.05) is 18.2 Å². The van der Waals surface area contributed by atoms with Gasteiger partial charge in [0.1, 0.15) is 5.65 Å².